The number of carboxylic acid groups (broad SMARTS) is 1. The van der Waals surface area contributed by atoms with Crippen molar-refractivity contribution >= 4 is 11.9 Å². The first-order chi connectivity index (χ1) is 7.38. The summed E-state index contributed by atoms with van der Waals surface area (Å²) in [6, 6.07) is 0.116. The Morgan fingerprint density at radius 1 is 1.25 bits per heavy atom. The lowest BCUT2D eigenvalue weighted by Gasteiger charge is -2.28. The molecule has 0 aromatic heterocycles. The van der Waals surface area contributed by atoms with E-state index in [0.29, 0.717) is 18.9 Å². The minimum atomic E-state index is -0.856. The van der Waals surface area contributed by atoms with E-state index >= 15 is 0 Å². The van der Waals surface area contributed by atoms with Gasteiger partial charge in [0.05, 0.1) is 6.42 Å². The molecule has 0 radical (unpaired) electrons. The van der Waals surface area contributed by atoms with Gasteiger partial charge in [-0.15, -0.1) is 0 Å². The summed E-state index contributed by atoms with van der Waals surface area (Å²) < 4.78 is 0. The smallest absolute Gasteiger partial charge is 0.305 e. The van der Waals surface area contributed by atoms with Gasteiger partial charge in [0, 0.05) is 19.0 Å². The number of carbonyl (C=O) groups is 2. The Balaban J connectivity index is 4.40. The molecule has 16 heavy (non-hydrogen) atoms. The predicted molar refractivity (Wildman–Crippen MR) is 63.2 cm³/mol. The maximum absolute atomic E-state index is 11.9. The number of carboxylic acids is 1. The maximum atomic E-state index is 11.9. The maximum Gasteiger partial charge on any atom is 0.305 e. The number of nitrogens with zero attached hydrogens (tertiary/aromatic N) is 1. The van der Waals surface area contributed by atoms with Crippen molar-refractivity contribution in [2.45, 2.75) is 53.0 Å². The molecular weight excluding hydrogens is 206 g/mol. The fourth-order valence-corrected chi connectivity index (χ4v) is 1.49. The Morgan fingerprint density at radius 3 is 2.19 bits per heavy atom. The van der Waals surface area contributed by atoms with Crippen LogP contribution in [-0.4, -0.2) is 34.5 Å². The molecule has 0 spiro atoms. The number of aliphatic carboxylic acids is 1. The van der Waals surface area contributed by atoms with E-state index < -0.39 is 5.97 Å². The molecule has 0 aromatic carbocycles. The van der Waals surface area contributed by atoms with E-state index in [1.807, 2.05) is 27.7 Å². The fraction of sp³-hybridized carbons (Fsp3) is 0.833. The molecule has 4 heteroatoms. The molecule has 0 heterocycles. The summed E-state index contributed by atoms with van der Waals surface area (Å²) in [5.74, 6) is -0.486. The Labute approximate surface area is 97.6 Å². The topological polar surface area (TPSA) is 57.6 Å². The second kappa shape index (κ2) is 7.25. The van der Waals surface area contributed by atoms with Gasteiger partial charge in [-0.05, 0) is 19.3 Å². The molecule has 0 aliphatic rings. The molecule has 0 aliphatic heterocycles. The summed E-state index contributed by atoms with van der Waals surface area (Å²) in [5.41, 5.74) is 0. The van der Waals surface area contributed by atoms with E-state index in [-0.39, 0.29) is 18.4 Å². The number of carbonyl (C=O) groups excluding carboxylic acids is 1. The van der Waals surface area contributed by atoms with Crippen LogP contribution in [0.2, 0.25) is 0 Å². The highest BCUT2D eigenvalue weighted by Crippen LogP contribution is 2.10. The first-order valence-electron chi connectivity index (χ1n) is 5.89. The SMILES string of the molecule is CCC(C)N(CCC(=O)O)C(=O)CC(C)C. The van der Waals surface area contributed by atoms with Crippen LogP contribution >= 0.6 is 0 Å². The molecule has 0 saturated heterocycles. The van der Waals surface area contributed by atoms with Gasteiger partial charge in [-0.2, -0.15) is 0 Å². The molecule has 0 bridgehead atoms. The van der Waals surface area contributed by atoms with Gasteiger partial charge in [0.15, 0.2) is 0 Å². The zero-order valence-corrected chi connectivity index (χ0v) is 10.7. The van der Waals surface area contributed by atoms with Gasteiger partial charge in [-0.3, -0.25) is 9.59 Å². The molecule has 0 aliphatic carbocycles. The van der Waals surface area contributed by atoms with Gasteiger partial charge < -0.3 is 10.0 Å². The highest BCUT2D eigenvalue weighted by Gasteiger charge is 2.20. The third kappa shape index (κ3) is 5.73. The highest BCUT2D eigenvalue weighted by atomic mass is 16.4. The molecule has 1 unspecified atom stereocenters. The number of hydrogen-bond donors (Lipinski definition) is 1. The lowest BCUT2D eigenvalue weighted by atomic mass is 10.1. The van der Waals surface area contributed by atoms with Crippen molar-refractivity contribution in [2.75, 3.05) is 6.54 Å². The van der Waals surface area contributed by atoms with Crippen molar-refractivity contribution < 1.29 is 14.7 Å². The lowest BCUT2D eigenvalue weighted by molar-refractivity contribution is -0.139. The van der Waals surface area contributed by atoms with Crippen LogP contribution in [0.3, 0.4) is 0 Å². The first-order valence-corrected chi connectivity index (χ1v) is 5.89. The van der Waals surface area contributed by atoms with E-state index in [0.717, 1.165) is 6.42 Å². The average molecular weight is 229 g/mol. The highest BCUT2D eigenvalue weighted by molar-refractivity contribution is 5.77. The summed E-state index contributed by atoms with van der Waals surface area (Å²) >= 11 is 0. The van der Waals surface area contributed by atoms with Gasteiger partial charge in [0.25, 0.3) is 0 Å². The minimum Gasteiger partial charge on any atom is -0.481 e. The molecule has 94 valence electrons. The molecule has 0 aromatic rings. The van der Waals surface area contributed by atoms with Crippen LogP contribution in [0.25, 0.3) is 0 Å². The minimum absolute atomic E-state index is 0.0220. The van der Waals surface area contributed by atoms with Crippen LogP contribution in [0.1, 0.15) is 47.0 Å². The van der Waals surface area contributed by atoms with Gasteiger partial charge in [-0.1, -0.05) is 20.8 Å². The van der Waals surface area contributed by atoms with Crippen LogP contribution in [0.4, 0.5) is 0 Å². The first kappa shape index (κ1) is 14.9. The molecule has 1 amide bonds. The number of amides is 1. The summed E-state index contributed by atoms with van der Waals surface area (Å²) in [7, 11) is 0. The van der Waals surface area contributed by atoms with Gasteiger partial charge in [-0.25, -0.2) is 0 Å². The second-order valence-corrected chi connectivity index (χ2v) is 4.59. The quantitative estimate of drug-likeness (QED) is 0.727. The Hall–Kier alpha value is -1.06. The lowest BCUT2D eigenvalue weighted by Crippen LogP contribution is -2.40. The van der Waals surface area contributed by atoms with Crippen LogP contribution in [0.5, 0.6) is 0 Å². The number of rotatable bonds is 7. The standard InChI is InChI=1S/C12H23NO3/c1-5-10(4)13(7-6-12(15)16)11(14)8-9(2)3/h9-10H,5-8H2,1-4H3,(H,15,16). The Morgan fingerprint density at radius 2 is 1.81 bits per heavy atom. The van der Waals surface area contributed by atoms with Crippen molar-refractivity contribution in [1.82, 2.24) is 4.90 Å². The van der Waals surface area contributed by atoms with Gasteiger partial charge in [0.2, 0.25) is 5.91 Å². The van der Waals surface area contributed by atoms with E-state index in [9.17, 15) is 9.59 Å². The van der Waals surface area contributed by atoms with Crippen LogP contribution < -0.4 is 0 Å². The normalized spacial score (nSPS) is 12.6. The van der Waals surface area contributed by atoms with Crippen LogP contribution in [0, 0.1) is 5.92 Å². The second-order valence-electron chi connectivity index (χ2n) is 4.59. The monoisotopic (exact) mass is 229 g/mol. The average Bonchev–Trinajstić information content (AvgIpc) is 2.15. The summed E-state index contributed by atoms with van der Waals surface area (Å²) in [4.78, 5) is 24.1. The number of hydrogen-bond acceptors (Lipinski definition) is 2. The third-order valence-corrected chi connectivity index (χ3v) is 2.59. The molecule has 1 atom stereocenters. The van der Waals surface area contributed by atoms with E-state index in [1.54, 1.807) is 4.90 Å². The van der Waals surface area contributed by atoms with E-state index in [1.165, 1.54) is 0 Å². The van der Waals surface area contributed by atoms with Crippen LogP contribution in [-0.2, 0) is 9.59 Å². The summed E-state index contributed by atoms with van der Waals surface area (Å²) in [6.45, 7) is 8.25. The Bertz CT molecular complexity index is 238. The Kier molecular flexibility index (Phi) is 6.77. The van der Waals surface area contributed by atoms with E-state index in [2.05, 4.69) is 0 Å². The van der Waals surface area contributed by atoms with Crippen molar-refractivity contribution in [3.05, 3.63) is 0 Å². The zero-order valence-electron chi connectivity index (χ0n) is 10.7. The molecule has 0 rings (SSSR count). The van der Waals surface area contributed by atoms with Gasteiger partial charge >= 0.3 is 5.97 Å². The molecular formula is C12H23NO3. The molecule has 1 N–H and O–H groups in total. The molecule has 0 fully saturated rings. The van der Waals surface area contributed by atoms with E-state index in [4.69, 9.17) is 5.11 Å². The predicted octanol–water partition coefficient (Wildman–Crippen LogP) is 2.13. The van der Waals surface area contributed by atoms with Crippen molar-refractivity contribution in [3.63, 3.8) is 0 Å². The van der Waals surface area contributed by atoms with Crippen molar-refractivity contribution in [3.8, 4) is 0 Å². The summed E-state index contributed by atoms with van der Waals surface area (Å²) in [5, 5.41) is 8.64. The molecule has 4 nitrogen and oxygen atoms in total. The molecule has 0 saturated carbocycles. The van der Waals surface area contributed by atoms with Crippen molar-refractivity contribution in [2.24, 2.45) is 5.92 Å². The van der Waals surface area contributed by atoms with Crippen LogP contribution in [0.15, 0.2) is 0 Å². The largest absolute Gasteiger partial charge is 0.481 e. The van der Waals surface area contributed by atoms with Gasteiger partial charge in [0.1, 0.15) is 0 Å². The van der Waals surface area contributed by atoms with Crippen molar-refractivity contribution in [1.29, 1.82) is 0 Å². The zero-order chi connectivity index (χ0) is 12.7. The fourth-order valence-electron chi connectivity index (χ4n) is 1.49. The summed E-state index contributed by atoms with van der Waals surface area (Å²) in [6.07, 6.45) is 1.36. The third-order valence-electron chi connectivity index (χ3n) is 2.59.